The monoisotopic (exact) mass is 333 g/mol. The lowest BCUT2D eigenvalue weighted by Crippen LogP contribution is -2.27. The SMILES string of the molecule is COCCn1nc(C(=O)Nc2ccc(OC)cc2OC)ccc1=O. The summed E-state index contributed by atoms with van der Waals surface area (Å²) in [5, 5.41) is 6.74. The van der Waals surface area contributed by atoms with Gasteiger partial charge in [-0.1, -0.05) is 0 Å². The Balaban J connectivity index is 2.22. The van der Waals surface area contributed by atoms with Crippen LogP contribution in [0.2, 0.25) is 0 Å². The van der Waals surface area contributed by atoms with Crippen LogP contribution in [0.5, 0.6) is 11.5 Å². The number of nitrogens with one attached hydrogen (secondary N) is 1. The van der Waals surface area contributed by atoms with Crippen LogP contribution in [0.15, 0.2) is 35.1 Å². The van der Waals surface area contributed by atoms with Crippen molar-refractivity contribution in [2.24, 2.45) is 0 Å². The van der Waals surface area contributed by atoms with Gasteiger partial charge in [0.1, 0.15) is 17.2 Å². The van der Waals surface area contributed by atoms with E-state index in [0.29, 0.717) is 23.8 Å². The normalized spacial score (nSPS) is 10.3. The summed E-state index contributed by atoms with van der Waals surface area (Å²) in [6.07, 6.45) is 0. The molecule has 0 saturated heterocycles. The molecule has 0 bridgehead atoms. The van der Waals surface area contributed by atoms with E-state index in [2.05, 4.69) is 10.4 Å². The van der Waals surface area contributed by atoms with Crippen LogP contribution in [-0.4, -0.2) is 43.6 Å². The molecule has 0 aliphatic carbocycles. The Labute approximate surface area is 139 Å². The molecule has 8 heteroatoms. The average Bonchev–Trinajstić information content (AvgIpc) is 2.61. The zero-order valence-electron chi connectivity index (χ0n) is 13.7. The molecule has 0 fully saturated rings. The molecule has 2 aromatic rings. The van der Waals surface area contributed by atoms with Crippen molar-refractivity contribution in [3.05, 3.63) is 46.4 Å². The number of nitrogens with zero attached hydrogens (tertiary/aromatic N) is 2. The Kier molecular flexibility index (Phi) is 5.91. The highest BCUT2D eigenvalue weighted by Crippen LogP contribution is 2.29. The summed E-state index contributed by atoms with van der Waals surface area (Å²) in [6.45, 7) is 0.590. The topological polar surface area (TPSA) is 91.7 Å². The molecule has 0 aliphatic heterocycles. The van der Waals surface area contributed by atoms with E-state index in [1.54, 1.807) is 25.3 Å². The smallest absolute Gasteiger partial charge is 0.276 e. The van der Waals surface area contributed by atoms with Crippen LogP contribution in [0, 0.1) is 0 Å². The molecule has 1 N–H and O–H groups in total. The van der Waals surface area contributed by atoms with Gasteiger partial charge in [0.05, 0.1) is 33.1 Å². The van der Waals surface area contributed by atoms with Crippen molar-refractivity contribution in [3.8, 4) is 11.5 Å². The lowest BCUT2D eigenvalue weighted by Gasteiger charge is -2.12. The average molecular weight is 333 g/mol. The van der Waals surface area contributed by atoms with Gasteiger partial charge >= 0.3 is 0 Å². The minimum absolute atomic E-state index is 0.114. The maximum absolute atomic E-state index is 12.4. The highest BCUT2D eigenvalue weighted by atomic mass is 16.5. The lowest BCUT2D eigenvalue weighted by atomic mass is 10.2. The van der Waals surface area contributed by atoms with Crippen LogP contribution in [0.25, 0.3) is 0 Å². The fraction of sp³-hybridized carbons (Fsp3) is 0.312. The molecule has 0 unspecified atom stereocenters. The molecule has 1 amide bonds. The Hall–Kier alpha value is -2.87. The first kappa shape index (κ1) is 17.5. The second-order valence-electron chi connectivity index (χ2n) is 4.79. The Bertz CT molecular complexity index is 773. The van der Waals surface area contributed by atoms with Gasteiger partial charge in [-0.25, -0.2) is 4.68 Å². The molecule has 24 heavy (non-hydrogen) atoms. The van der Waals surface area contributed by atoms with E-state index >= 15 is 0 Å². The maximum atomic E-state index is 12.4. The molecule has 0 atom stereocenters. The van der Waals surface area contributed by atoms with E-state index in [9.17, 15) is 9.59 Å². The zero-order valence-corrected chi connectivity index (χ0v) is 13.7. The van der Waals surface area contributed by atoms with Gasteiger partial charge in [0, 0.05) is 19.2 Å². The largest absolute Gasteiger partial charge is 0.497 e. The number of carbonyl (C=O) groups excluding carboxylic acids is 1. The molecule has 2 rings (SSSR count). The number of amides is 1. The van der Waals surface area contributed by atoms with Gasteiger partial charge in [-0.3, -0.25) is 9.59 Å². The molecule has 0 aliphatic rings. The van der Waals surface area contributed by atoms with Crippen LogP contribution in [-0.2, 0) is 11.3 Å². The van der Waals surface area contributed by atoms with E-state index < -0.39 is 5.91 Å². The number of ether oxygens (including phenoxy) is 3. The summed E-state index contributed by atoms with van der Waals surface area (Å²) in [5.74, 6) is 0.608. The summed E-state index contributed by atoms with van der Waals surface area (Å²) in [7, 11) is 4.56. The molecule has 0 spiro atoms. The van der Waals surface area contributed by atoms with Crippen molar-refractivity contribution in [2.45, 2.75) is 6.54 Å². The van der Waals surface area contributed by atoms with Crippen molar-refractivity contribution in [2.75, 3.05) is 33.3 Å². The first-order valence-corrected chi connectivity index (χ1v) is 7.19. The number of aromatic nitrogens is 2. The van der Waals surface area contributed by atoms with Gasteiger partial charge in [0.15, 0.2) is 0 Å². The first-order valence-electron chi connectivity index (χ1n) is 7.19. The van der Waals surface area contributed by atoms with Crippen molar-refractivity contribution < 1.29 is 19.0 Å². The summed E-state index contributed by atoms with van der Waals surface area (Å²) in [5.41, 5.74) is 0.286. The molecule has 1 aromatic heterocycles. The predicted octanol–water partition coefficient (Wildman–Crippen LogP) is 1.16. The highest BCUT2D eigenvalue weighted by Gasteiger charge is 2.13. The van der Waals surface area contributed by atoms with Gasteiger partial charge in [-0.2, -0.15) is 5.10 Å². The predicted molar refractivity (Wildman–Crippen MR) is 87.9 cm³/mol. The van der Waals surface area contributed by atoms with Crippen molar-refractivity contribution in [1.29, 1.82) is 0 Å². The fourth-order valence-electron chi connectivity index (χ4n) is 2.00. The van der Waals surface area contributed by atoms with E-state index in [1.807, 2.05) is 0 Å². The van der Waals surface area contributed by atoms with Crippen LogP contribution in [0.4, 0.5) is 5.69 Å². The molecule has 128 valence electrons. The maximum Gasteiger partial charge on any atom is 0.276 e. The molecule has 8 nitrogen and oxygen atoms in total. The van der Waals surface area contributed by atoms with Gasteiger partial charge in [0.2, 0.25) is 0 Å². The number of rotatable bonds is 7. The van der Waals surface area contributed by atoms with E-state index in [4.69, 9.17) is 14.2 Å². The number of benzene rings is 1. The molecular formula is C16H19N3O5. The Morgan fingerprint density at radius 3 is 2.62 bits per heavy atom. The fourth-order valence-corrected chi connectivity index (χ4v) is 2.00. The van der Waals surface area contributed by atoms with Gasteiger partial charge in [-0.15, -0.1) is 0 Å². The number of hydrogen-bond donors (Lipinski definition) is 1. The van der Waals surface area contributed by atoms with Crippen LogP contribution in [0.3, 0.4) is 0 Å². The summed E-state index contributed by atoms with van der Waals surface area (Å²) in [6, 6.07) is 7.68. The molecule has 0 radical (unpaired) electrons. The highest BCUT2D eigenvalue weighted by molar-refractivity contribution is 6.03. The van der Waals surface area contributed by atoms with Gasteiger partial charge in [0.25, 0.3) is 11.5 Å². The molecule has 0 saturated carbocycles. The third-order valence-electron chi connectivity index (χ3n) is 3.26. The van der Waals surface area contributed by atoms with Crippen LogP contribution < -0.4 is 20.3 Å². The minimum Gasteiger partial charge on any atom is -0.497 e. The number of hydrogen-bond acceptors (Lipinski definition) is 6. The quantitative estimate of drug-likeness (QED) is 0.817. The standard InChI is InChI=1S/C16H19N3O5/c1-22-9-8-19-15(20)7-6-13(18-19)16(21)17-12-5-4-11(23-2)10-14(12)24-3/h4-7,10H,8-9H2,1-3H3,(H,17,21). The van der Waals surface area contributed by atoms with Crippen molar-refractivity contribution in [3.63, 3.8) is 0 Å². The number of anilines is 1. The minimum atomic E-state index is -0.454. The third kappa shape index (κ3) is 4.11. The van der Waals surface area contributed by atoms with Crippen molar-refractivity contribution in [1.82, 2.24) is 9.78 Å². The third-order valence-corrected chi connectivity index (χ3v) is 3.26. The number of carbonyl (C=O) groups is 1. The second-order valence-corrected chi connectivity index (χ2v) is 4.79. The lowest BCUT2D eigenvalue weighted by molar-refractivity contribution is 0.101. The molecule has 1 heterocycles. The Morgan fingerprint density at radius 1 is 1.17 bits per heavy atom. The first-order chi connectivity index (χ1) is 11.6. The van der Waals surface area contributed by atoms with Crippen LogP contribution >= 0.6 is 0 Å². The Morgan fingerprint density at radius 2 is 1.96 bits per heavy atom. The van der Waals surface area contributed by atoms with Crippen LogP contribution in [0.1, 0.15) is 10.5 Å². The molecular weight excluding hydrogens is 314 g/mol. The zero-order chi connectivity index (χ0) is 17.5. The van der Waals surface area contributed by atoms with E-state index in [-0.39, 0.29) is 17.8 Å². The van der Waals surface area contributed by atoms with E-state index in [1.165, 1.54) is 31.0 Å². The van der Waals surface area contributed by atoms with E-state index in [0.717, 1.165) is 0 Å². The summed E-state index contributed by atoms with van der Waals surface area (Å²) in [4.78, 5) is 24.1. The summed E-state index contributed by atoms with van der Waals surface area (Å²) < 4.78 is 16.5. The van der Waals surface area contributed by atoms with Gasteiger partial charge < -0.3 is 19.5 Å². The number of methoxy groups -OCH3 is 3. The van der Waals surface area contributed by atoms with Crippen molar-refractivity contribution >= 4 is 11.6 Å². The summed E-state index contributed by atoms with van der Waals surface area (Å²) >= 11 is 0. The second kappa shape index (κ2) is 8.11. The molecule has 1 aromatic carbocycles. The van der Waals surface area contributed by atoms with Gasteiger partial charge in [-0.05, 0) is 18.2 Å².